The van der Waals surface area contributed by atoms with Crippen molar-refractivity contribution >= 4 is 26.4 Å². The molecule has 3 N–H and O–H groups in total. The number of hydrogen-bond acceptors (Lipinski definition) is 6. The largest absolute Gasteiger partial charge is 1.00 e. The van der Waals surface area contributed by atoms with Crippen molar-refractivity contribution in [1.29, 1.82) is 0 Å². The van der Waals surface area contributed by atoms with Gasteiger partial charge in [-0.2, -0.15) is 0 Å². The van der Waals surface area contributed by atoms with Crippen LogP contribution in [0.3, 0.4) is 0 Å². The first kappa shape index (κ1) is 30.0. The van der Waals surface area contributed by atoms with Gasteiger partial charge in [-0.25, -0.2) is 0 Å². The van der Waals surface area contributed by atoms with Gasteiger partial charge in [0.05, 0.1) is 0 Å². The van der Waals surface area contributed by atoms with E-state index in [4.69, 9.17) is 9.79 Å². The maximum atomic E-state index is 12.0. The Morgan fingerprint density at radius 1 is 1.00 bits per heavy atom. The molecule has 0 aliphatic heterocycles. The molecule has 0 fully saturated rings. The molecular formula is C13H21NNa2O7P2S. The van der Waals surface area contributed by atoms with Crippen molar-refractivity contribution in [3.05, 3.63) is 30.3 Å². The maximum Gasteiger partial charge on any atom is 1.00 e. The van der Waals surface area contributed by atoms with Crippen molar-refractivity contribution in [2.45, 2.75) is 36.1 Å². The summed E-state index contributed by atoms with van der Waals surface area (Å²) in [5.74, 6) is 0.513. The molecule has 13 heteroatoms. The van der Waals surface area contributed by atoms with Crippen LogP contribution in [0.1, 0.15) is 25.7 Å². The topological polar surface area (TPSA) is 156 Å². The predicted molar refractivity (Wildman–Crippen MR) is 87.6 cm³/mol. The number of benzene rings is 1. The van der Waals surface area contributed by atoms with Gasteiger partial charge in [0.15, 0.2) is 4.90 Å². The van der Waals surface area contributed by atoms with E-state index >= 15 is 0 Å². The fraction of sp³-hybridized carbons (Fsp3) is 0.538. The Kier molecular flexibility index (Phi) is 17.0. The monoisotopic (exact) mass is 443 g/mol. The van der Waals surface area contributed by atoms with Crippen LogP contribution >= 0.6 is 15.2 Å². The van der Waals surface area contributed by atoms with E-state index in [1.54, 1.807) is 12.1 Å². The summed E-state index contributed by atoms with van der Waals surface area (Å²) in [6, 6.07) is 9.09. The second-order valence-corrected chi connectivity index (χ2v) is 10.5. The van der Waals surface area contributed by atoms with Gasteiger partial charge in [0, 0.05) is 0 Å². The van der Waals surface area contributed by atoms with Crippen LogP contribution in [0.2, 0.25) is 0 Å². The Morgan fingerprint density at radius 2 is 1.54 bits per heavy atom. The Labute approximate surface area is 201 Å². The second kappa shape index (κ2) is 14.7. The zero-order valence-corrected chi connectivity index (χ0v) is 21.6. The normalized spacial score (nSPS) is 14.0. The van der Waals surface area contributed by atoms with Crippen molar-refractivity contribution in [2.24, 2.45) is 0 Å². The summed E-state index contributed by atoms with van der Waals surface area (Å²) in [5, 5.41) is 2.11. The van der Waals surface area contributed by atoms with Gasteiger partial charge in [-0.3, -0.25) is 9.88 Å². The molecule has 0 amide bonds. The van der Waals surface area contributed by atoms with Gasteiger partial charge in [-0.1, -0.05) is 24.6 Å². The number of nitrogens with one attached hydrogen (secondary N) is 1. The zero-order chi connectivity index (χ0) is 18.2. The summed E-state index contributed by atoms with van der Waals surface area (Å²) in [4.78, 5) is 40.2. The van der Waals surface area contributed by atoms with E-state index in [1.165, 1.54) is 0 Å². The van der Waals surface area contributed by atoms with E-state index in [-0.39, 0.29) is 65.7 Å². The first-order valence-electron chi connectivity index (χ1n) is 7.36. The molecule has 0 saturated carbocycles. The molecule has 0 radical (unpaired) electrons. The molecule has 2 atom stereocenters. The van der Waals surface area contributed by atoms with Crippen LogP contribution in [0, 0.1) is 0 Å². The molecule has 26 heavy (non-hydrogen) atoms. The Morgan fingerprint density at radius 3 is 2.04 bits per heavy atom. The van der Waals surface area contributed by atoms with Gasteiger partial charge in [0.25, 0.3) is 0 Å². The molecule has 1 rings (SSSR count). The molecule has 138 valence electrons. The van der Waals surface area contributed by atoms with E-state index in [1.807, 2.05) is 18.2 Å². The second-order valence-electron chi connectivity index (χ2n) is 5.23. The van der Waals surface area contributed by atoms with Gasteiger partial charge >= 0.3 is 66.7 Å². The maximum absolute atomic E-state index is 12.0. The molecule has 0 spiro atoms. The van der Waals surface area contributed by atoms with E-state index in [2.05, 4.69) is 5.32 Å². The van der Waals surface area contributed by atoms with E-state index in [0.29, 0.717) is 25.0 Å². The minimum absolute atomic E-state index is 0. The fourth-order valence-corrected chi connectivity index (χ4v) is 5.40. The summed E-state index contributed by atoms with van der Waals surface area (Å²) >= 11 is -1.06. The summed E-state index contributed by atoms with van der Waals surface area (Å²) in [6.45, 7) is 0.00597. The number of rotatable bonds is 11. The smallest absolute Gasteiger partial charge is 0.809 e. The molecule has 2 unspecified atom stereocenters. The minimum atomic E-state index is -5.42. The molecular weight excluding hydrogens is 422 g/mol. The third-order valence-corrected chi connectivity index (χ3v) is 8.02. The van der Waals surface area contributed by atoms with Crippen molar-refractivity contribution in [2.75, 3.05) is 12.3 Å². The van der Waals surface area contributed by atoms with Crippen LogP contribution in [0.25, 0.3) is 0 Å². The van der Waals surface area contributed by atoms with Crippen LogP contribution in [-0.2, 0) is 20.3 Å². The summed E-state index contributed by atoms with van der Waals surface area (Å²) < 4.78 is 33.8. The van der Waals surface area contributed by atoms with E-state index < -0.39 is 31.9 Å². The van der Waals surface area contributed by atoms with Crippen molar-refractivity contribution < 1.29 is 92.4 Å². The summed E-state index contributed by atoms with van der Waals surface area (Å²) in [6.07, 6.45) is 2.57. The van der Waals surface area contributed by atoms with E-state index in [0.717, 1.165) is 11.3 Å². The molecule has 1 aromatic carbocycles. The standard InChI is InChI=1S/C13H23NO7P2S.2Na/c15-22(16,17)13(23(18,19)20)14-10-6-1-2-7-11-24(21)12-8-4-3-5-9-12;;/h3-5,8-9,13-14H,1-2,6-7,10-11H2,(H2,15,16,17)(H2,18,19,20);;/q;2*+1/p-2. The van der Waals surface area contributed by atoms with Gasteiger partial charge in [-0.05, 0) is 56.7 Å². The van der Waals surface area contributed by atoms with Crippen molar-refractivity contribution in [3.8, 4) is 0 Å². The molecule has 0 heterocycles. The Hall–Kier alpha value is 1.79. The molecule has 0 aliphatic rings. The fourth-order valence-electron chi connectivity index (χ4n) is 2.05. The summed E-state index contributed by atoms with van der Waals surface area (Å²) in [7, 11) is -10.5. The Balaban J connectivity index is 0. The predicted octanol–water partition coefficient (Wildman–Crippen LogP) is -5.67. The molecule has 1 aromatic rings. The first-order chi connectivity index (χ1) is 11.1. The third-order valence-electron chi connectivity index (χ3n) is 3.21. The third kappa shape index (κ3) is 12.4. The van der Waals surface area contributed by atoms with Gasteiger partial charge in [0.2, 0.25) is 0 Å². The van der Waals surface area contributed by atoms with Crippen LogP contribution in [-0.4, -0.2) is 32.2 Å². The molecule has 0 bridgehead atoms. The zero-order valence-electron chi connectivity index (χ0n) is 14.9. The SMILES string of the molecule is O=P([O-])([O-])C(NCCCCCC[S+]([O-])c1ccccc1)P(=O)(O)O.[Na+].[Na+]. The summed E-state index contributed by atoms with van der Waals surface area (Å²) in [5.41, 5.74) is -2.38. The minimum Gasteiger partial charge on any atom is -0.809 e. The number of unbranched alkanes of at least 4 members (excludes halogenated alkanes) is 3. The Bertz CT molecular complexity index is 565. The van der Waals surface area contributed by atoms with Crippen LogP contribution in [0.5, 0.6) is 0 Å². The first-order valence-corrected chi connectivity index (χ1v) is 12.0. The van der Waals surface area contributed by atoms with Crippen LogP contribution < -0.4 is 74.2 Å². The van der Waals surface area contributed by atoms with Crippen LogP contribution in [0.15, 0.2) is 35.2 Å². The quantitative estimate of drug-likeness (QED) is 0.132. The van der Waals surface area contributed by atoms with Crippen molar-refractivity contribution in [1.82, 2.24) is 5.32 Å². The van der Waals surface area contributed by atoms with Gasteiger partial charge in [0.1, 0.15) is 11.3 Å². The molecule has 8 nitrogen and oxygen atoms in total. The molecule has 0 saturated heterocycles. The number of hydrogen-bond donors (Lipinski definition) is 3. The van der Waals surface area contributed by atoms with Crippen LogP contribution in [0.4, 0.5) is 0 Å². The average molecular weight is 443 g/mol. The molecule has 0 aliphatic carbocycles. The van der Waals surface area contributed by atoms with Gasteiger partial charge < -0.3 is 28.7 Å². The average Bonchev–Trinajstić information content (AvgIpc) is 2.48. The van der Waals surface area contributed by atoms with Gasteiger partial charge in [-0.15, -0.1) is 0 Å². The van der Waals surface area contributed by atoms with Crippen molar-refractivity contribution in [3.63, 3.8) is 0 Å². The van der Waals surface area contributed by atoms with E-state index in [9.17, 15) is 23.5 Å². The molecule has 0 aromatic heterocycles.